The molecule has 1 aliphatic rings. The molecule has 0 aromatic rings. The lowest BCUT2D eigenvalue weighted by Gasteiger charge is -2.26. The molecule has 0 aromatic carbocycles. The predicted molar refractivity (Wildman–Crippen MR) is 60.5 cm³/mol. The first-order chi connectivity index (χ1) is 7.51. The summed E-state index contributed by atoms with van der Waals surface area (Å²) in [6.07, 6.45) is -0.512. The van der Waals surface area contributed by atoms with Crippen LogP contribution < -0.4 is 0 Å². The van der Waals surface area contributed by atoms with Crippen LogP contribution in [0.5, 0.6) is 0 Å². The Labute approximate surface area is 98.8 Å². The van der Waals surface area contributed by atoms with Crippen molar-refractivity contribution in [2.45, 2.75) is 38.3 Å². The van der Waals surface area contributed by atoms with Crippen LogP contribution in [0.1, 0.15) is 32.1 Å². The molecule has 1 saturated carbocycles. The Hall–Kier alpha value is 0.100. The minimum absolute atomic E-state index is 0.184. The van der Waals surface area contributed by atoms with E-state index in [0.29, 0.717) is 11.8 Å². The number of aliphatic hydroxyl groups is 1. The third-order valence-electron chi connectivity index (χ3n) is 3.11. The lowest BCUT2D eigenvalue weighted by atomic mass is 9.83. The van der Waals surface area contributed by atoms with Crippen LogP contribution in [0.15, 0.2) is 0 Å². The number of alkyl halides is 3. The predicted octanol–water partition coefficient (Wildman–Crippen LogP) is 3.47. The molecule has 0 saturated heterocycles. The fourth-order valence-electron chi connectivity index (χ4n) is 2.02. The molecule has 1 nitrogen and oxygen atoms in total. The highest BCUT2D eigenvalue weighted by Gasteiger charge is 2.26. The van der Waals surface area contributed by atoms with Gasteiger partial charge in [0.1, 0.15) is 0 Å². The SMILES string of the molecule is OC[C@H]1CC[C@H](CSCCC(F)(F)F)CC1. The molecule has 0 unspecified atom stereocenters. The average molecular weight is 256 g/mol. The second kappa shape index (κ2) is 6.74. The highest BCUT2D eigenvalue weighted by molar-refractivity contribution is 7.99. The first-order valence-electron chi connectivity index (χ1n) is 5.76. The van der Waals surface area contributed by atoms with E-state index in [1.807, 2.05) is 0 Å². The Kier molecular flexibility index (Phi) is 5.97. The molecule has 1 rings (SSSR count). The lowest BCUT2D eigenvalue weighted by Crippen LogP contribution is -2.19. The van der Waals surface area contributed by atoms with Crippen LogP contribution in [0.3, 0.4) is 0 Å². The van der Waals surface area contributed by atoms with Crippen molar-refractivity contribution in [2.75, 3.05) is 18.1 Å². The van der Waals surface area contributed by atoms with Crippen molar-refractivity contribution < 1.29 is 18.3 Å². The first-order valence-corrected chi connectivity index (χ1v) is 6.92. The van der Waals surface area contributed by atoms with Gasteiger partial charge >= 0.3 is 6.18 Å². The standard InChI is InChI=1S/C11H19F3OS/c12-11(13,14)5-6-16-8-10-3-1-9(7-15)2-4-10/h9-10,15H,1-8H2/t9-,10-. The van der Waals surface area contributed by atoms with Gasteiger partial charge in [0.15, 0.2) is 0 Å². The average Bonchev–Trinajstić information content (AvgIpc) is 2.24. The third-order valence-corrected chi connectivity index (χ3v) is 4.31. The van der Waals surface area contributed by atoms with E-state index in [0.717, 1.165) is 31.4 Å². The molecule has 1 fully saturated rings. The van der Waals surface area contributed by atoms with Gasteiger partial charge in [0.25, 0.3) is 0 Å². The van der Waals surface area contributed by atoms with E-state index in [4.69, 9.17) is 5.11 Å². The Bertz CT molecular complexity index is 188. The van der Waals surface area contributed by atoms with E-state index in [2.05, 4.69) is 0 Å². The van der Waals surface area contributed by atoms with E-state index >= 15 is 0 Å². The molecule has 96 valence electrons. The van der Waals surface area contributed by atoms with Crippen LogP contribution in [-0.4, -0.2) is 29.4 Å². The zero-order chi connectivity index (χ0) is 12.0. The topological polar surface area (TPSA) is 20.2 Å². The summed E-state index contributed by atoms with van der Waals surface area (Å²) in [7, 11) is 0. The summed E-state index contributed by atoms with van der Waals surface area (Å²) in [5.41, 5.74) is 0. The normalized spacial score (nSPS) is 27.0. The van der Waals surface area contributed by atoms with Gasteiger partial charge in [-0.15, -0.1) is 0 Å². The van der Waals surface area contributed by atoms with Gasteiger partial charge in [0, 0.05) is 12.4 Å². The quantitative estimate of drug-likeness (QED) is 0.760. The van der Waals surface area contributed by atoms with Gasteiger partial charge in [-0.05, 0) is 43.3 Å². The molecule has 0 heterocycles. The summed E-state index contributed by atoms with van der Waals surface area (Å²) in [4.78, 5) is 0. The van der Waals surface area contributed by atoms with E-state index < -0.39 is 12.6 Å². The maximum absolute atomic E-state index is 11.9. The van der Waals surface area contributed by atoms with Gasteiger partial charge in [-0.25, -0.2) is 0 Å². The van der Waals surface area contributed by atoms with Gasteiger partial charge in [-0.2, -0.15) is 24.9 Å². The molecule has 0 atom stereocenters. The van der Waals surface area contributed by atoms with Gasteiger partial charge in [-0.1, -0.05) is 0 Å². The van der Waals surface area contributed by atoms with Crippen LogP contribution in [0.25, 0.3) is 0 Å². The Morgan fingerprint density at radius 3 is 2.12 bits per heavy atom. The summed E-state index contributed by atoms with van der Waals surface area (Å²) in [5, 5.41) is 8.95. The largest absolute Gasteiger partial charge is 0.396 e. The van der Waals surface area contributed by atoms with Crippen molar-refractivity contribution in [1.29, 1.82) is 0 Å². The molecule has 0 spiro atoms. The van der Waals surface area contributed by atoms with Crippen molar-refractivity contribution in [1.82, 2.24) is 0 Å². The van der Waals surface area contributed by atoms with Crippen molar-refractivity contribution in [3.63, 3.8) is 0 Å². The van der Waals surface area contributed by atoms with Crippen molar-refractivity contribution in [2.24, 2.45) is 11.8 Å². The summed E-state index contributed by atoms with van der Waals surface area (Å²) in [5.74, 6) is 2.01. The Balaban J connectivity index is 2.02. The number of halogens is 3. The smallest absolute Gasteiger partial charge is 0.389 e. The molecular formula is C11H19F3OS. The van der Waals surface area contributed by atoms with Crippen LogP contribution >= 0.6 is 11.8 Å². The second-order valence-electron chi connectivity index (χ2n) is 4.51. The van der Waals surface area contributed by atoms with Crippen LogP contribution in [-0.2, 0) is 0 Å². The molecule has 5 heteroatoms. The molecule has 0 bridgehead atoms. The molecule has 1 N–H and O–H groups in total. The number of aliphatic hydroxyl groups excluding tert-OH is 1. The van der Waals surface area contributed by atoms with Crippen LogP contribution in [0.2, 0.25) is 0 Å². The van der Waals surface area contributed by atoms with Crippen molar-refractivity contribution in [3.05, 3.63) is 0 Å². The van der Waals surface area contributed by atoms with Gasteiger partial charge < -0.3 is 5.11 Å². The second-order valence-corrected chi connectivity index (χ2v) is 5.66. The van der Waals surface area contributed by atoms with Crippen molar-refractivity contribution >= 4 is 11.8 Å². The van der Waals surface area contributed by atoms with Gasteiger partial charge in [-0.3, -0.25) is 0 Å². The van der Waals surface area contributed by atoms with E-state index in [1.54, 1.807) is 0 Å². The lowest BCUT2D eigenvalue weighted by molar-refractivity contribution is -0.129. The number of hydrogen-bond donors (Lipinski definition) is 1. The minimum atomic E-state index is -4.01. The fourth-order valence-corrected chi connectivity index (χ4v) is 3.23. The van der Waals surface area contributed by atoms with Crippen LogP contribution in [0, 0.1) is 11.8 Å². The zero-order valence-electron chi connectivity index (χ0n) is 9.30. The maximum Gasteiger partial charge on any atom is 0.389 e. The highest BCUT2D eigenvalue weighted by Crippen LogP contribution is 2.31. The molecule has 1 aliphatic carbocycles. The Morgan fingerprint density at radius 2 is 1.62 bits per heavy atom. The van der Waals surface area contributed by atoms with Crippen molar-refractivity contribution in [3.8, 4) is 0 Å². The van der Waals surface area contributed by atoms with E-state index in [1.165, 1.54) is 11.8 Å². The highest BCUT2D eigenvalue weighted by atomic mass is 32.2. The molecule has 0 aliphatic heterocycles. The maximum atomic E-state index is 11.9. The number of thioether (sulfide) groups is 1. The van der Waals surface area contributed by atoms with E-state index in [9.17, 15) is 13.2 Å². The molecule has 0 amide bonds. The zero-order valence-corrected chi connectivity index (χ0v) is 10.1. The Morgan fingerprint density at radius 1 is 1.06 bits per heavy atom. The summed E-state index contributed by atoms with van der Waals surface area (Å²) >= 11 is 1.41. The number of hydrogen-bond acceptors (Lipinski definition) is 2. The molecule has 16 heavy (non-hydrogen) atoms. The minimum Gasteiger partial charge on any atom is -0.396 e. The summed E-state index contributed by atoms with van der Waals surface area (Å²) < 4.78 is 35.6. The van der Waals surface area contributed by atoms with Gasteiger partial charge in [0.05, 0.1) is 6.42 Å². The number of rotatable bonds is 5. The molecule has 0 radical (unpaired) electrons. The van der Waals surface area contributed by atoms with Crippen LogP contribution in [0.4, 0.5) is 13.2 Å². The summed E-state index contributed by atoms with van der Waals surface area (Å²) in [6, 6.07) is 0. The monoisotopic (exact) mass is 256 g/mol. The third kappa shape index (κ3) is 5.99. The summed E-state index contributed by atoms with van der Waals surface area (Å²) in [6.45, 7) is 0.258. The van der Waals surface area contributed by atoms with E-state index in [-0.39, 0.29) is 12.4 Å². The first kappa shape index (κ1) is 14.2. The van der Waals surface area contributed by atoms with Gasteiger partial charge in [0.2, 0.25) is 0 Å². The fraction of sp³-hybridized carbons (Fsp3) is 1.00. The molecule has 0 aromatic heterocycles. The molecular weight excluding hydrogens is 237 g/mol.